The lowest BCUT2D eigenvalue weighted by atomic mass is 9.99. The van der Waals surface area contributed by atoms with Crippen LogP contribution in [0.15, 0.2) is 42.5 Å². The first-order chi connectivity index (χ1) is 15.9. The monoisotopic (exact) mass is 489 g/mol. The van der Waals surface area contributed by atoms with Crippen molar-refractivity contribution in [3.8, 4) is 5.75 Å². The molecule has 2 aromatic carbocycles. The van der Waals surface area contributed by atoms with E-state index in [1.165, 1.54) is 42.7 Å². The van der Waals surface area contributed by atoms with Crippen LogP contribution in [0, 0.1) is 5.82 Å². The lowest BCUT2D eigenvalue weighted by Gasteiger charge is -2.31. The molecule has 3 aromatic rings. The van der Waals surface area contributed by atoms with E-state index in [4.69, 9.17) is 16.3 Å². The van der Waals surface area contributed by atoms with Crippen LogP contribution in [0.3, 0.4) is 0 Å². The number of hydrogen-bond donors (Lipinski definition) is 2. The number of halogens is 2. The molecule has 4 rings (SSSR count). The average Bonchev–Trinajstić information content (AvgIpc) is 3.31. The van der Waals surface area contributed by atoms with Crippen LogP contribution >= 0.6 is 22.9 Å². The molecule has 1 fully saturated rings. The number of carbonyl (C=O) groups excluding carboxylic acids is 2. The van der Waals surface area contributed by atoms with E-state index in [1.54, 1.807) is 23.1 Å². The minimum atomic E-state index is -0.413. The van der Waals surface area contributed by atoms with Crippen LogP contribution in [0.2, 0.25) is 5.02 Å². The summed E-state index contributed by atoms with van der Waals surface area (Å²) in [6, 6.07) is 10.2. The number of likely N-dealkylation sites (tertiary alicyclic amines) is 1. The Morgan fingerprint density at radius 2 is 1.97 bits per heavy atom. The van der Waals surface area contributed by atoms with Gasteiger partial charge in [-0.05, 0) is 55.3 Å². The van der Waals surface area contributed by atoms with Gasteiger partial charge < -0.3 is 20.3 Å². The van der Waals surface area contributed by atoms with Gasteiger partial charge >= 0.3 is 6.03 Å². The molecule has 11 heteroatoms. The highest BCUT2D eigenvalue weighted by molar-refractivity contribution is 7.13. The summed E-state index contributed by atoms with van der Waals surface area (Å²) in [5.41, 5.74) is 0.961. The molecule has 3 amide bonds. The van der Waals surface area contributed by atoms with Crippen LogP contribution in [0.1, 0.15) is 33.6 Å². The average molecular weight is 490 g/mol. The number of piperidine rings is 1. The molecule has 1 aromatic heterocycles. The standard InChI is InChI=1S/C22H21ClFN5O3S/c1-32-18-9-4-14(23)11-17(18)26-22(31)29-10-2-3-13(12-29)20-27-28-21(33-20)19(30)25-16-7-5-15(24)6-8-16/h4-9,11,13H,2-3,10,12H2,1H3,(H,25,30)(H,26,31). The Balaban J connectivity index is 1.40. The van der Waals surface area contributed by atoms with Crippen LogP contribution in [0.25, 0.3) is 0 Å². The topological polar surface area (TPSA) is 96.4 Å². The van der Waals surface area contributed by atoms with Crippen LogP contribution in [0.4, 0.5) is 20.6 Å². The van der Waals surface area contributed by atoms with E-state index in [0.717, 1.165) is 12.8 Å². The second-order valence-electron chi connectivity index (χ2n) is 7.47. The number of benzene rings is 2. The number of carbonyl (C=O) groups is 2. The Morgan fingerprint density at radius 3 is 2.73 bits per heavy atom. The zero-order chi connectivity index (χ0) is 23.4. The second-order valence-corrected chi connectivity index (χ2v) is 8.91. The van der Waals surface area contributed by atoms with Gasteiger partial charge in [-0.2, -0.15) is 0 Å². The number of ether oxygens (including phenoxy) is 1. The van der Waals surface area contributed by atoms with Gasteiger partial charge in [-0.3, -0.25) is 4.79 Å². The third kappa shape index (κ3) is 5.58. The third-order valence-electron chi connectivity index (χ3n) is 5.20. The van der Waals surface area contributed by atoms with Crippen molar-refractivity contribution in [2.75, 3.05) is 30.8 Å². The molecule has 2 N–H and O–H groups in total. The number of anilines is 2. The number of nitrogens with one attached hydrogen (secondary N) is 2. The molecular weight excluding hydrogens is 469 g/mol. The number of urea groups is 1. The van der Waals surface area contributed by atoms with Crippen molar-refractivity contribution in [2.45, 2.75) is 18.8 Å². The van der Waals surface area contributed by atoms with E-state index in [1.807, 2.05) is 0 Å². The molecule has 8 nitrogen and oxygen atoms in total. The summed E-state index contributed by atoms with van der Waals surface area (Å²) in [6.07, 6.45) is 1.62. The summed E-state index contributed by atoms with van der Waals surface area (Å²) >= 11 is 7.24. The Hall–Kier alpha value is -3.24. The minimum Gasteiger partial charge on any atom is -0.495 e. The molecule has 0 saturated carbocycles. The summed E-state index contributed by atoms with van der Waals surface area (Å²) in [6.45, 7) is 1.05. The molecule has 1 aliphatic heterocycles. The number of nitrogens with zero attached hydrogens (tertiary/aromatic N) is 3. The summed E-state index contributed by atoms with van der Waals surface area (Å²) in [5.74, 6) is -0.312. The SMILES string of the molecule is COc1ccc(Cl)cc1NC(=O)N1CCCC(c2nnc(C(=O)Nc3ccc(F)cc3)s2)C1. The lowest BCUT2D eigenvalue weighted by Crippen LogP contribution is -2.41. The van der Waals surface area contributed by atoms with Gasteiger partial charge in [0, 0.05) is 29.7 Å². The fourth-order valence-electron chi connectivity index (χ4n) is 3.54. The highest BCUT2D eigenvalue weighted by Crippen LogP contribution is 2.31. The van der Waals surface area contributed by atoms with Crippen LogP contribution in [-0.2, 0) is 0 Å². The zero-order valence-electron chi connectivity index (χ0n) is 17.7. The van der Waals surface area contributed by atoms with Crippen LogP contribution in [-0.4, -0.2) is 47.2 Å². The Morgan fingerprint density at radius 1 is 1.18 bits per heavy atom. The molecule has 0 bridgehead atoms. The highest BCUT2D eigenvalue weighted by Gasteiger charge is 2.28. The van der Waals surface area contributed by atoms with Gasteiger partial charge in [0.05, 0.1) is 12.8 Å². The fraction of sp³-hybridized carbons (Fsp3) is 0.273. The fourth-order valence-corrected chi connectivity index (χ4v) is 4.58. The van der Waals surface area contributed by atoms with Crippen molar-refractivity contribution in [1.82, 2.24) is 15.1 Å². The van der Waals surface area contributed by atoms with Gasteiger partial charge in [-0.25, -0.2) is 9.18 Å². The molecule has 0 spiro atoms. The predicted molar refractivity (Wildman–Crippen MR) is 125 cm³/mol. The van der Waals surface area contributed by atoms with Gasteiger partial charge in [0.15, 0.2) is 0 Å². The van der Waals surface area contributed by atoms with Crippen LogP contribution in [0.5, 0.6) is 5.75 Å². The van der Waals surface area contributed by atoms with Gasteiger partial charge in [0.2, 0.25) is 5.01 Å². The predicted octanol–water partition coefficient (Wildman–Crippen LogP) is 5.00. The lowest BCUT2D eigenvalue weighted by molar-refractivity contribution is 0.102. The normalized spacial score (nSPS) is 15.7. The maximum atomic E-state index is 13.0. The maximum absolute atomic E-state index is 13.0. The molecule has 1 saturated heterocycles. The third-order valence-corrected chi connectivity index (χ3v) is 6.52. The first-order valence-corrected chi connectivity index (χ1v) is 11.4. The molecule has 1 atom stereocenters. The van der Waals surface area contributed by atoms with E-state index in [9.17, 15) is 14.0 Å². The van der Waals surface area contributed by atoms with Crippen molar-refractivity contribution in [2.24, 2.45) is 0 Å². The first-order valence-electron chi connectivity index (χ1n) is 10.2. The molecule has 2 heterocycles. The summed E-state index contributed by atoms with van der Waals surface area (Å²) in [5, 5.41) is 15.1. The summed E-state index contributed by atoms with van der Waals surface area (Å²) in [4.78, 5) is 27.0. The van der Waals surface area contributed by atoms with Gasteiger partial charge in [-0.15, -0.1) is 10.2 Å². The molecule has 33 heavy (non-hydrogen) atoms. The van der Waals surface area contributed by atoms with Crippen molar-refractivity contribution in [3.63, 3.8) is 0 Å². The number of methoxy groups -OCH3 is 1. The number of rotatable bonds is 5. The molecule has 1 aliphatic rings. The number of amides is 3. The van der Waals surface area contributed by atoms with Crippen molar-refractivity contribution in [3.05, 3.63) is 63.3 Å². The molecule has 172 valence electrons. The second kappa shape index (κ2) is 10.1. The molecule has 0 aliphatic carbocycles. The van der Waals surface area contributed by atoms with Gasteiger partial charge in [-0.1, -0.05) is 22.9 Å². The van der Waals surface area contributed by atoms with E-state index in [-0.39, 0.29) is 22.8 Å². The van der Waals surface area contributed by atoms with Crippen molar-refractivity contribution >= 4 is 46.3 Å². The quantitative estimate of drug-likeness (QED) is 0.525. The van der Waals surface area contributed by atoms with Crippen molar-refractivity contribution in [1.29, 1.82) is 0 Å². The van der Waals surface area contributed by atoms with Gasteiger partial charge in [0.25, 0.3) is 5.91 Å². The first kappa shape index (κ1) is 22.9. The molecule has 0 radical (unpaired) electrons. The number of hydrogen-bond acceptors (Lipinski definition) is 6. The van der Waals surface area contributed by atoms with E-state index < -0.39 is 5.91 Å². The van der Waals surface area contributed by atoms with E-state index in [2.05, 4.69) is 20.8 Å². The Kier molecular flexibility index (Phi) is 7.05. The number of aromatic nitrogens is 2. The maximum Gasteiger partial charge on any atom is 0.321 e. The smallest absolute Gasteiger partial charge is 0.321 e. The van der Waals surface area contributed by atoms with Crippen molar-refractivity contribution < 1.29 is 18.7 Å². The Bertz CT molecular complexity index is 1160. The summed E-state index contributed by atoms with van der Waals surface area (Å²) in [7, 11) is 1.52. The van der Waals surface area contributed by atoms with Crippen LogP contribution < -0.4 is 15.4 Å². The molecular formula is C22H21ClFN5O3S. The molecule has 1 unspecified atom stereocenters. The van der Waals surface area contributed by atoms with E-state index in [0.29, 0.717) is 40.2 Å². The Labute approximate surface area is 198 Å². The van der Waals surface area contributed by atoms with E-state index >= 15 is 0 Å². The summed E-state index contributed by atoms with van der Waals surface area (Å²) < 4.78 is 18.3. The van der Waals surface area contributed by atoms with Gasteiger partial charge in [0.1, 0.15) is 16.6 Å². The highest BCUT2D eigenvalue weighted by atomic mass is 35.5. The minimum absolute atomic E-state index is 0.0318. The largest absolute Gasteiger partial charge is 0.495 e. The zero-order valence-corrected chi connectivity index (χ0v) is 19.3.